The Bertz CT molecular complexity index is 582. The highest BCUT2D eigenvalue weighted by Gasteiger charge is 2.17. The summed E-state index contributed by atoms with van der Waals surface area (Å²) in [4.78, 5) is 12.3. The van der Waals surface area contributed by atoms with Crippen LogP contribution in [0, 0.1) is 0 Å². The molecule has 0 unspecified atom stereocenters. The van der Waals surface area contributed by atoms with Gasteiger partial charge in [-0.2, -0.15) is 11.8 Å². The van der Waals surface area contributed by atoms with Crippen LogP contribution in [0.2, 0.25) is 0 Å². The number of carbonyl (C=O) groups excluding carboxylic acids is 1. The van der Waals surface area contributed by atoms with Gasteiger partial charge in [0, 0.05) is 11.3 Å². The summed E-state index contributed by atoms with van der Waals surface area (Å²) >= 11 is 1.63. The fourth-order valence-electron chi connectivity index (χ4n) is 1.89. The van der Waals surface area contributed by atoms with Gasteiger partial charge in [0.05, 0.1) is 12.7 Å². The lowest BCUT2D eigenvalue weighted by Crippen LogP contribution is -2.11. The monoisotopic (exact) mass is 288 g/mol. The molecule has 3 nitrogen and oxygen atoms in total. The average Bonchev–Trinajstić information content (AvgIpc) is 2.48. The van der Waals surface area contributed by atoms with Crippen molar-refractivity contribution in [2.75, 3.05) is 13.4 Å². The largest absolute Gasteiger partial charge is 0.496 e. The van der Waals surface area contributed by atoms with Crippen molar-refractivity contribution in [3.8, 4) is 11.5 Å². The molecule has 0 bridgehead atoms. The van der Waals surface area contributed by atoms with E-state index in [1.807, 2.05) is 30.5 Å². The summed E-state index contributed by atoms with van der Waals surface area (Å²) in [6.07, 6.45) is 1.98. The lowest BCUT2D eigenvalue weighted by Gasteiger charge is -2.12. The summed E-state index contributed by atoms with van der Waals surface area (Å²) in [5, 5.41) is 0. The van der Waals surface area contributed by atoms with Crippen molar-refractivity contribution in [2.45, 2.75) is 5.75 Å². The van der Waals surface area contributed by atoms with E-state index in [0.717, 1.165) is 5.56 Å². The predicted molar refractivity (Wildman–Crippen MR) is 81.6 cm³/mol. The fourth-order valence-corrected chi connectivity index (χ4v) is 2.48. The number of hydrogen-bond donors (Lipinski definition) is 0. The van der Waals surface area contributed by atoms with Gasteiger partial charge >= 0.3 is 5.97 Å². The Morgan fingerprint density at radius 2 is 1.85 bits per heavy atom. The van der Waals surface area contributed by atoms with Crippen LogP contribution < -0.4 is 9.47 Å². The molecule has 0 aliphatic heterocycles. The molecule has 0 heterocycles. The SMILES string of the molecule is COc1cccc(C(=O)Oc2ccccc2)c1CSC. The van der Waals surface area contributed by atoms with Crippen molar-refractivity contribution < 1.29 is 14.3 Å². The molecule has 0 radical (unpaired) electrons. The maximum atomic E-state index is 12.3. The number of methoxy groups -OCH3 is 1. The summed E-state index contributed by atoms with van der Waals surface area (Å²) in [7, 11) is 1.60. The Morgan fingerprint density at radius 1 is 1.10 bits per heavy atom. The van der Waals surface area contributed by atoms with Gasteiger partial charge in [0.2, 0.25) is 0 Å². The topological polar surface area (TPSA) is 35.5 Å². The first-order valence-electron chi connectivity index (χ1n) is 6.18. The molecule has 2 aromatic carbocycles. The molecule has 0 spiro atoms. The van der Waals surface area contributed by atoms with Crippen molar-refractivity contribution in [3.05, 3.63) is 59.7 Å². The lowest BCUT2D eigenvalue weighted by atomic mass is 10.1. The van der Waals surface area contributed by atoms with Crippen molar-refractivity contribution in [3.63, 3.8) is 0 Å². The molecule has 0 amide bonds. The van der Waals surface area contributed by atoms with E-state index < -0.39 is 0 Å². The van der Waals surface area contributed by atoms with Gasteiger partial charge in [-0.1, -0.05) is 24.3 Å². The smallest absolute Gasteiger partial charge is 0.343 e. The number of ether oxygens (including phenoxy) is 2. The third-order valence-electron chi connectivity index (χ3n) is 2.82. The number of esters is 1. The highest BCUT2D eigenvalue weighted by Crippen LogP contribution is 2.27. The van der Waals surface area contributed by atoms with Gasteiger partial charge < -0.3 is 9.47 Å². The van der Waals surface area contributed by atoms with E-state index in [2.05, 4.69) is 0 Å². The number of rotatable bonds is 5. The Kier molecular flexibility index (Phi) is 5.07. The minimum absolute atomic E-state index is 0.362. The molecule has 104 valence electrons. The van der Waals surface area contributed by atoms with Gasteiger partial charge in [-0.15, -0.1) is 0 Å². The number of hydrogen-bond acceptors (Lipinski definition) is 4. The number of carbonyl (C=O) groups is 1. The van der Waals surface area contributed by atoms with Gasteiger partial charge in [-0.25, -0.2) is 4.79 Å². The molecule has 0 aliphatic carbocycles. The van der Waals surface area contributed by atoms with Gasteiger partial charge in [0.1, 0.15) is 11.5 Å². The van der Waals surface area contributed by atoms with E-state index in [-0.39, 0.29) is 5.97 Å². The van der Waals surface area contributed by atoms with Gasteiger partial charge in [0.15, 0.2) is 0 Å². The predicted octanol–water partition coefficient (Wildman–Crippen LogP) is 3.78. The molecule has 0 aromatic heterocycles. The van der Waals surface area contributed by atoms with Crippen LogP contribution in [0.5, 0.6) is 11.5 Å². The van der Waals surface area contributed by atoms with Crippen LogP contribution in [0.3, 0.4) is 0 Å². The van der Waals surface area contributed by atoms with Crippen LogP contribution in [0.4, 0.5) is 0 Å². The summed E-state index contributed by atoms with van der Waals surface area (Å²) in [6.45, 7) is 0. The summed E-state index contributed by atoms with van der Waals surface area (Å²) in [5.74, 6) is 1.58. The van der Waals surface area contributed by atoms with Crippen molar-refractivity contribution in [1.82, 2.24) is 0 Å². The Labute approximate surface area is 122 Å². The molecule has 0 aliphatic rings. The number of thioether (sulfide) groups is 1. The lowest BCUT2D eigenvalue weighted by molar-refractivity contribution is 0.0733. The molecule has 20 heavy (non-hydrogen) atoms. The van der Waals surface area contributed by atoms with E-state index in [4.69, 9.17) is 9.47 Å². The zero-order valence-electron chi connectivity index (χ0n) is 11.5. The normalized spacial score (nSPS) is 10.1. The molecule has 0 N–H and O–H groups in total. The zero-order chi connectivity index (χ0) is 14.4. The molecule has 0 atom stereocenters. The molecule has 4 heteroatoms. The number of para-hydroxylation sites is 1. The van der Waals surface area contributed by atoms with Crippen molar-refractivity contribution in [1.29, 1.82) is 0 Å². The van der Waals surface area contributed by atoms with Crippen LogP contribution in [-0.2, 0) is 5.75 Å². The Morgan fingerprint density at radius 3 is 2.50 bits per heavy atom. The quantitative estimate of drug-likeness (QED) is 0.619. The van der Waals surface area contributed by atoms with Gasteiger partial charge in [-0.05, 0) is 30.5 Å². The second-order valence-electron chi connectivity index (χ2n) is 4.12. The standard InChI is InChI=1S/C16H16O3S/c1-18-15-10-6-9-13(14(15)11-20-2)16(17)19-12-7-4-3-5-8-12/h3-10H,11H2,1-2H3. The molecular weight excluding hydrogens is 272 g/mol. The van der Waals surface area contributed by atoms with Crippen LogP contribution in [0.15, 0.2) is 48.5 Å². The molecule has 2 aromatic rings. The molecule has 0 fully saturated rings. The number of benzene rings is 2. The highest BCUT2D eigenvalue weighted by atomic mass is 32.2. The molecule has 0 saturated heterocycles. The fraction of sp³-hybridized carbons (Fsp3) is 0.188. The summed E-state index contributed by atoms with van der Waals surface area (Å²) in [5.41, 5.74) is 1.41. The minimum Gasteiger partial charge on any atom is -0.496 e. The molecule has 2 rings (SSSR count). The van der Waals surface area contributed by atoms with E-state index in [9.17, 15) is 4.79 Å². The zero-order valence-corrected chi connectivity index (χ0v) is 12.3. The third kappa shape index (κ3) is 3.33. The van der Waals surface area contributed by atoms with Crippen molar-refractivity contribution >= 4 is 17.7 Å². The first kappa shape index (κ1) is 14.5. The van der Waals surface area contributed by atoms with Crippen LogP contribution in [0.1, 0.15) is 15.9 Å². The second-order valence-corrected chi connectivity index (χ2v) is 4.99. The van der Waals surface area contributed by atoms with E-state index in [1.165, 1.54) is 0 Å². The van der Waals surface area contributed by atoms with Gasteiger partial charge in [-0.3, -0.25) is 0 Å². The minimum atomic E-state index is -0.362. The Balaban J connectivity index is 2.29. The summed E-state index contributed by atoms with van der Waals surface area (Å²) < 4.78 is 10.7. The van der Waals surface area contributed by atoms with Crippen molar-refractivity contribution in [2.24, 2.45) is 0 Å². The van der Waals surface area contributed by atoms with Crippen LogP contribution in [0.25, 0.3) is 0 Å². The maximum absolute atomic E-state index is 12.3. The van der Waals surface area contributed by atoms with E-state index in [0.29, 0.717) is 22.8 Å². The molecule has 0 saturated carbocycles. The first-order valence-corrected chi connectivity index (χ1v) is 7.57. The maximum Gasteiger partial charge on any atom is 0.343 e. The van der Waals surface area contributed by atoms with Crippen LogP contribution in [-0.4, -0.2) is 19.3 Å². The van der Waals surface area contributed by atoms with Gasteiger partial charge in [0.25, 0.3) is 0 Å². The van der Waals surface area contributed by atoms with Crippen LogP contribution >= 0.6 is 11.8 Å². The second kappa shape index (κ2) is 7.01. The van der Waals surface area contributed by atoms with E-state index >= 15 is 0 Å². The third-order valence-corrected chi connectivity index (χ3v) is 3.39. The average molecular weight is 288 g/mol. The van der Waals surface area contributed by atoms with E-state index in [1.54, 1.807) is 43.1 Å². The highest BCUT2D eigenvalue weighted by molar-refractivity contribution is 7.97. The molecular formula is C16H16O3S. The Hall–Kier alpha value is -1.94. The summed E-state index contributed by atoms with van der Waals surface area (Å²) in [6, 6.07) is 14.5. The first-order chi connectivity index (χ1) is 9.76.